The standard InChI is InChI=1S/C23H23F3N4O2/c1-14-19(13-27-30(14)22(2,3)4)21(32)29-17-9-5-7-15(11-17)20(31)28-18-10-6-8-16(12-18)23(24,25)26/h5-13H,1-4H3,(H,28,31)(H,29,32). The zero-order valence-corrected chi connectivity index (χ0v) is 18.0. The molecule has 2 aromatic carbocycles. The average molecular weight is 444 g/mol. The molecular weight excluding hydrogens is 421 g/mol. The van der Waals surface area contributed by atoms with Gasteiger partial charge in [0, 0.05) is 22.6 Å². The number of alkyl halides is 3. The summed E-state index contributed by atoms with van der Waals surface area (Å²) in [7, 11) is 0. The van der Waals surface area contributed by atoms with Crippen LogP contribution in [0.4, 0.5) is 24.5 Å². The van der Waals surface area contributed by atoms with E-state index in [0.29, 0.717) is 16.9 Å². The van der Waals surface area contributed by atoms with E-state index in [1.807, 2.05) is 20.8 Å². The lowest BCUT2D eigenvalue weighted by atomic mass is 10.1. The van der Waals surface area contributed by atoms with Crippen molar-refractivity contribution in [2.45, 2.75) is 39.4 Å². The lowest BCUT2D eigenvalue weighted by molar-refractivity contribution is -0.137. The molecule has 0 spiro atoms. The van der Waals surface area contributed by atoms with Crippen molar-refractivity contribution in [2.75, 3.05) is 10.6 Å². The van der Waals surface area contributed by atoms with E-state index in [1.54, 1.807) is 23.7 Å². The normalized spacial score (nSPS) is 11.8. The first-order chi connectivity index (χ1) is 14.9. The molecule has 9 heteroatoms. The van der Waals surface area contributed by atoms with Gasteiger partial charge in [0.25, 0.3) is 11.8 Å². The number of aromatic nitrogens is 2. The summed E-state index contributed by atoms with van der Waals surface area (Å²) in [5, 5.41) is 9.46. The number of anilines is 2. The molecule has 0 bridgehead atoms. The van der Waals surface area contributed by atoms with Crippen molar-refractivity contribution < 1.29 is 22.8 Å². The number of hydrogen-bond acceptors (Lipinski definition) is 3. The molecule has 2 N–H and O–H groups in total. The number of rotatable bonds is 4. The first-order valence-electron chi connectivity index (χ1n) is 9.81. The van der Waals surface area contributed by atoms with E-state index in [-0.39, 0.29) is 22.7 Å². The molecule has 168 valence electrons. The molecule has 1 aromatic heterocycles. The van der Waals surface area contributed by atoms with E-state index >= 15 is 0 Å². The van der Waals surface area contributed by atoms with Gasteiger partial charge in [0.1, 0.15) is 0 Å². The summed E-state index contributed by atoms with van der Waals surface area (Å²) >= 11 is 0. The van der Waals surface area contributed by atoms with Gasteiger partial charge in [-0.3, -0.25) is 14.3 Å². The second-order valence-electron chi connectivity index (χ2n) is 8.29. The summed E-state index contributed by atoms with van der Waals surface area (Å²) in [6.45, 7) is 7.72. The number of halogens is 3. The predicted molar refractivity (Wildman–Crippen MR) is 116 cm³/mol. The maximum atomic E-state index is 12.9. The summed E-state index contributed by atoms with van der Waals surface area (Å²) in [6.07, 6.45) is -3.02. The second-order valence-corrected chi connectivity index (χ2v) is 8.29. The van der Waals surface area contributed by atoms with Crippen molar-refractivity contribution in [3.8, 4) is 0 Å². The van der Waals surface area contributed by atoms with Crippen LogP contribution in [0.2, 0.25) is 0 Å². The maximum Gasteiger partial charge on any atom is 0.416 e. The van der Waals surface area contributed by atoms with Gasteiger partial charge in [-0.2, -0.15) is 18.3 Å². The highest BCUT2D eigenvalue weighted by Gasteiger charge is 2.30. The minimum atomic E-state index is -4.51. The van der Waals surface area contributed by atoms with E-state index in [9.17, 15) is 22.8 Å². The zero-order chi connectivity index (χ0) is 23.7. The molecule has 2 amide bonds. The predicted octanol–water partition coefficient (Wildman–Crippen LogP) is 5.47. The molecule has 0 unspecified atom stereocenters. The Balaban J connectivity index is 1.75. The van der Waals surface area contributed by atoms with Crippen LogP contribution in [0.3, 0.4) is 0 Å². The first-order valence-corrected chi connectivity index (χ1v) is 9.81. The summed E-state index contributed by atoms with van der Waals surface area (Å²) < 4.78 is 40.4. The zero-order valence-electron chi connectivity index (χ0n) is 18.0. The van der Waals surface area contributed by atoms with Gasteiger partial charge in [0.05, 0.1) is 22.9 Å². The van der Waals surface area contributed by atoms with Gasteiger partial charge in [-0.05, 0) is 64.1 Å². The molecule has 0 atom stereocenters. The van der Waals surface area contributed by atoms with Crippen LogP contribution in [0.5, 0.6) is 0 Å². The average Bonchev–Trinajstić information content (AvgIpc) is 3.09. The van der Waals surface area contributed by atoms with Crippen LogP contribution in [-0.4, -0.2) is 21.6 Å². The minimum Gasteiger partial charge on any atom is -0.322 e. The van der Waals surface area contributed by atoms with Crippen molar-refractivity contribution in [3.63, 3.8) is 0 Å². The molecule has 1 heterocycles. The van der Waals surface area contributed by atoms with Gasteiger partial charge in [0.15, 0.2) is 0 Å². The number of amides is 2. The monoisotopic (exact) mass is 444 g/mol. The quantitative estimate of drug-likeness (QED) is 0.560. The fourth-order valence-electron chi connectivity index (χ4n) is 3.22. The van der Waals surface area contributed by atoms with Crippen LogP contribution in [0, 0.1) is 6.92 Å². The topological polar surface area (TPSA) is 76.0 Å². The third-order valence-electron chi connectivity index (χ3n) is 4.72. The van der Waals surface area contributed by atoms with Crippen molar-refractivity contribution in [1.29, 1.82) is 0 Å². The number of hydrogen-bond donors (Lipinski definition) is 2. The molecule has 6 nitrogen and oxygen atoms in total. The van der Waals surface area contributed by atoms with Crippen molar-refractivity contribution >= 4 is 23.2 Å². The van der Waals surface area contributed by atoms with E-state index in [2.05, 4.69) is 15.7 Å². The third kappa shape index (κ3) is 5.16. The van der Waals surface area contributed by atoms with E-state index in [1.165, 1.54) is 30.5 Å². The van der Waals surface area contributed by atoms with Crippen LogP contribution in [0.15, 0.2) is 54.7 Å². The minimum absolute atomic E-state index is 0.0180. The van der Waals surface area contributed by atoms with Crippen LogP contribution >= 0.6 is 0 Å². The molecular formula is C23H23F3N4O2. The molecule has 3 rings (SSSR count). The van der Waals surface area contributed by atoms with Crippen LogP contribution in [0.1, 0.15) is 52.7 Å². The summed E-state index contributed by atoms with van der Waals surface area (Å²) in [6, 6.07) is 10.5. The van der Waals surface area contributed by atoms with E-state index in [4.69, 9.17) is 0 Å². The molecule has 0 aliphatic carbocycles. The SMILES string of the molecule is Cc1c(C(=O)Nc2cccc(C(=O)Nc3cccc(C(F)(F)F)c3)c2)cnn1C(C)(C)C. The first kappa shape index (κ1) is 23.1. The molecule has 0 radical (unpaired) electrons. The lowest BCUT2D eigenvalue weighted by Crippen LogP contribution is -2.25. The Morgan fingerprint density at radius 2 is 1.50 bits per heavy atom. The fourth-order valence-corrected chi connectivity index (χ4v) is 3.22. The number of carbonyl (C=O) groups is 2. The van der Waals surface area contributed by atoms with Crippen molar-refractivity contribution in [1.82, 2.24) is 9.78 Å². The van der Waals surface area contributed by atoms with Crippen LogP contribution < -0.4 is 10.6 Å². The Morgan fingerprint density at radius 3 is 2.09 bits per heavy atom. The molecule has 3 aromatic rings. The van der Waals surface area contributed by atoms with E-state index < -0.39 is 17.6 Å². The van der Waals surface area contributed by atoms with Crippen LogP contribution in [-0.2, 0) is 11.7 Å². The second kappa shape index (κ2) is 8.49. The highest BCUT2D eigenvalue weighted by atomic mass is 19.4. The maximum absolute atomic E-state index is 12.9. The molecule has 32 heavy (non-hydrogen) atoms. The van der Waals surface area contributed by atoms with Gasteiger partial charge in [-0.1, -0.05) is 12.1 Å². The largest absolute Gasteiger partial charge is 0.416 e. The Kier molecular flexibility index (Phi) is 6.11. The number of benzene rings is 2. The Labute approximate surface area is 183 Å². The summed E-state index contributed by atoms with van der Waals surface area (Å²) in [5.74, 6) is -0.981. The molecule has 0 saturated carbocycles. The molecule has 0 aliphatic rings. The Morgan fingerprint density at radius 1 is 0.906 bits per heavy atom. The van der Waals surface area contributed by atoms with Crippen LogP contribution in [0.25, 0.3) is 0 Å². The van der Waals surface area contributed by atoms with Crippen molar-refractivity contribution in [3.05, 3.63) is 77.1 Å². The summed E-state index contributed by atoms with van der Waals surface area (Å²) in [4.78, 5) is 25.2. The molecule has 0 fully saturated rings. The third-order valence-corrected chi connectivity index (χ3v) is 4.72. The fraction of sp³-hybridized carbons (Fsp3) is 0.261. The van der Waals surface area contributed by atoms with Gasteiger partial charge < -0.3 is 10.6 Å². The molecule has 0 saturated heterocycles. The van der Waals surface area contributed by atoms with Crippen molar-refractivity contribution in [2.24, 2.45) is 0 Å². The van der Waals surface area contributed by atoms with Gasteiger partial charge in [-0.25, -0.2) is 0 Å². The van der Waals surface area contributed by atoms with Gasteiger partial charge >= 0.3 is 6.18 Å². The Hall–Kier alpha value is -3.62. The number of carbonyl (C=O) groups excluding carboxylic acids is 2. The highest BCUT2D eigenvalue weighted by Crippen LogP contribution is 2.30. The summed E-state index contributed by atoms with van der Waals surface area (Å²) in [5.41, 5.74) is 0.528. The number of nitrogens with zero attached hydrogens (tertiary/aromatic N) is 2. The Bertz CT molecular complexity index is 1160. The smallest absolute Gasteiger partial charge is 0.322 e. The molecule has 0 aliphatic heterocycles. The van der Waals surface area contributed by atoms with Gasteiger partial charge in [0.2, 0.25) is 0 Å². The highest BCUT2D eigenvalue weighted by molar-refractivity contribution is 6.07. The van der Waals surface area contributed by atoms with Gasteiger partial charge in [-0.15, -0.1) is 0 Å². The lowest BCUT2D eigenvalue weighted by Gasteiger charge is -2.21. The number of nitrogens with one attached hydrogen (secondary N) is 2. The van der Waals surface area contributed by atoms with E-state index in [0.717, 1.165) is 12.1 Å².